The number of hydrogen-bond donors (Lipinski definition) is 0. The highest BCUT2D eigenvalue weighted by Gasteiger charge is 2.15. The van der Waals surface area contributed by atoms with Gasteiger partial charge in [-0.25, -0.2) is 4.98 Å². The van der Waals surface area contributed by atoms with Gasteiger partial charge in [-0.05, 0) is 23.4 Å². The van der Waals surface area contributed by atoms with Crippen molar-refractivity contribution in [1.82, 2.24) is 9.97 Å². The molecule has 1 aliphatic rings. The molecule has 0 unspecified atom stereocenters. The van der Waals surface area contributed by atoms with Crippen molar-refractivity contribution < 1.29 is 0 Å². The van der Waals surface area contributed by atoms with E-state index in [1.807, 2.05) is 0 Å². The first-order valence-electron chi connectivity index (χ1n) is 5.78. The van der Waals surface area contributed by atoms with Crippen LogP contribution in [0.2, 0.25) is 5.15 Å². The number of hydrogen-bond acceptors (Lipinski definition) is 4. The van der Waals surface area contributed by atoms with E-state index >= 15 is 0 Å². The molecule has 2 aromatic heterocycles. The summed E-state index contributed by atoms with van der Waals surface area (Å²) < 4.78 is 0. The number of halogens is 1. The van der Waals surface area contributed by atoms with Gasteiger partial charge in [0.15, 0.2) is 0 Å². The molecule has 0 saturated carbocycles. The summed E-state index contributed by atoms with van der Waals surface area (Å²) in [6.45, 7) is 1.82. The molecule has 0 N–H and O–H groups in total. The largest absolute Gasteiger partial charge is 0.351 e. The van der Waals surface area contributed by atoms with Gasteiger partial charge in [-0.15, -0.1) is 11.3 Å². The van der Waals surface area contributed by atoms with E-state index in [2.05, 4.69) is 38.5 Å². The Bertz CT molecular complexity index is 565. The van der Waals surface area contributed by atoms with Crippen LogP contribution in [-0.4, -0.2) is 23.1 Å². The van der Waals surface area contributed by atoms with Crippen LogP contribution in [0.1, 0.15) is 11.3 Å². The molecule has 0 aromatic carbocycles. The van der Waals surface area contributed by atoms with E-state index in [1.54, 1.807) is 23.7 Å². The van der Waals surface area contributed by atoms with Crippen molar-refractivity contribution in [1.29, 1.82) is 0 Å². The van der Waals surface area contributed by atoms with E-state index < -0.39 is 0 Å². The highest BCUT2D eigenvalue weighted by Crippen LogP contribution is 2.27. The van der Waals surface area contributed by atoms with Gasteiger partial charge in [0.25, 0.3) is 0 Å². The van der Waals surface area contributed by atoms with Gasteiger partial charge in [-0.2, -0.15) is 0 Å². The zero-order valence-corrected chi connectivity index (χ0v) is 11.3. The molecule has 1 aliphatic heterocycles. The van der Waals surface area contributed by atoms with Crippen molar-refractivity contribution in [3.05, 3.63) is 46.0 Å². The van der Waals surface area contributed by atoms with E-state index in [1.165, 1.54) is 10.5 Å². The van der Waals surface area contributed by atoms with E-state index in [4.69, 9.17) is 11.6 Å². The van der Waals surface area contributed by atoms with Crippen LogP contribution in [0.5, 0.6) is 0 Å². The van der Waals surface area contributed by atoms with E-state index in [0.29, 0.717) is 5.15 Å². The van der Waals surface area contributed by atoms with Crippen LogP contribution in [0.25, 0.3) is 5.57 Å². The Balaban J connectivity index is 1.77. The Hall–Kier alpha value is -1.39. The van der Waals surface area contributed by atoms with Gasteiger partial charge in [0, 0.05) is 18.0 Å². The lowest BCUT2D eigenvalue weighted by Crippen LogP contribution is -2.29. The number of nitrogens with zero attached hydrogens (tertiary/aromatic N) is 3. The Morgan fingerprint density at radius 3 is 2.94 bits per heavy atom. The summed E-state index contributed by atoms with van der Waals surface area (Å²) in [6.07, 6.45) is 6.62. The van der Waals surface area contributed by atoms with Crippen LogP contribution < -0.4 is 4.90 Å². The van der Waals surface area contributed by atoms with Gasteiger partial charge in [-0.1, -0.05) is 23.7 Å². The number of anilines is 1. The third-order valence-electron chi connectivity index (χ3n) is 2.96. The molecular weight excluding hydrogens is 266 g/mol. The van der Waals surface area contributed by atoms with Crippen LogP contribution in [0.3, 0.4) is 0 Å². The molecular formula is C13H12ClN3S. The van der Waals surface area contributed by atoms with Gasteiger partial charge in [0.1, 0.15) is 11.0 Å². The fourth-order valence-electron chi connectivity index (χ4n) is 2.05. The molecule has 18 heavy (non-hydrogen) atoms. The summed E-state index contributed by atoms with van der Waals surface area (Å²) in [5, 5.41) is 2.56. The molecule has 0 atom stereocenters. The van der Waals surface area contributed by atoms with Crippen LogP contribution in [0, 0.1) is 0 Å². The molecule has 92 valence electrons. The average Bonchev–Trinajstić information content (AvgIpc) is 2.93. The third kappa shape index (κ3) is 2.40. The van der Waals surface area contributed by atoms with Gasteiger partial charge < -0.3 is 4.90 Å². The highest BCUT2D eigenvalue weighted by atomic mass is 35.5. The minimum Gasteiger partial charge on any atom is -0.351 e. The Labute approximate surface area is 115 Å². The minimum atomic E-state index is 0.445. The third-order valence-corrected chi connectivity index (χ3v) is 4.09. The Kier molecular flexibility index (Phi) is 3.30. The average molecular weight is 278 g/mol. The first kappa shape index (κ1) is 11.7. The quantitative estimate of drug-likeness (QED) is 0.841. The van der Waals surface area contributed by atoms with Crippen LogP contribution in [-0.2, 0) is 0 Å². The maximum absolute atomic E-state index is 5.86. The zero-order chi connectivity index (χ0) is 12.4. The monoisotopic (exact) mass is 277 g/mol. The second-order valence-corrected chi connectivity index (χ2v) is 5.44. The maximum Gasteiger partial charge on any atom is 0.149 e. The molecule has 0 aliphatic carbocycles. The van der Waals surface area contributed by atoms with Gasteiger partial charge in [0.2, 0.25) is 0 Å². The van der Waals surface area contributed by atoms with Crippen LogP contribution >= 0.6 is 22.9 Å². The van der Waals surface area contributed by atoms with Crippen molar-refractivity contribution in [2.75, 3.05) is 18.0 Å². The lowest BCUT2D eigenvalue weighted by Gasteiger charge is -2.26. The Morgan fingerprint density at radius 1 is 1.33 bits per heavy atom. The summed E-state index contributed by atoms with van der Waals surface area (Å²) in [6, 6.07) is 4.26. The van der Waals surface area contributed by atoms with Crippen molar-refractivity contribution in [3.63, 3.8) is 0 Å². The van der Waals surface area contributed by atoms with Crippen LogP contribution in [0.15, 0.2) is 36.0 Å². The highest BCUT2D eigenvalue weighted by molar-refractivity contribution is 7.11. The zero-order valence-electron chi connectivity index (χ0n) is 9.71. The normalized spacial score (nSPS) is 15.6. The minimum absolute atomic E-state index is 0.445. The summed E-state index contributed by atoms with van der Waals surface area (Å²) in [7, 11) is 0. The van der Waals surface area contributed by atoms with Crippen LogP contribution in [0.4, 0.5) is 5.82 Å². The fourth-order valence-corrected chi connectivity index (χ4v) is 2.99. The lowest BCUT2D eigenvalue weighted by molar-refractivity contribution is 0.813. The molecule has 3 rings (SSSR count). The molecule has 3 heterocycles. The van der Waals surface area contributed by atoms with Gasteiger partial charge in [-0.3, -0.25) is 4.98 Å². The topological polar surface area (TPSA) is 29.0 Å². The SMILES string of the molecule is Clc1cncc(N2CC=C(c3cccs3)CC2)n1. The Morgan fingerprint density at radius 2 is 2.28 bits per heavy atom. The van der Waals surface area contributed by atoms with Crippen molar-refractivity contribution in [2.45, 2.75) is 6.42 Å². The van der Waals surface area contributed by atoms with E-state index in [9.17, 15) is 0 Å². The second kappa shape index (κ2) is 5.08. The molecule has 0 spiro atoms. The predicted octanol–water partition coefficient (Wildman–Crippen LogP) is 3.49. The number of rotatable bonds is 2. The van der Waals surface area contributed by atoms with Gasteiger partial charge in [0.05, 0.1) is 12.4 Å². The summed E-state index contributed by atoms with van der Waals surface area (Å²) in [5.41, 5.74) is 1.43. The molecule has 3 nitrogen and oxygen atoms in total. The molecule has 0 saturated heterocycles. The number of aromatic nitrogens is 2. The summed E-state index contributed by atoms with van der Waals surface area (Å²) in [5.74, 6) is 0.851. The standard InChI is InChI=1S/C13H12ClN3S/c14-12-8-15-9-13(16-12)17-5-3-10(4-6-17)11-2-1-7-18-11/h1-3,7-9H,4-6H2. The first-order chi connectivity index (χ1) is 8.83. The van der Waals surface area contributed by atoms with E-state index in [0.717, 1.165) is 25.3 Å². The van der Waals surface area contributed by atoms with Gasteiger partial charge >= 0.3 is 0 Å². The lowest BCUT2D eigenvalue weighted by atomic mass is 10.1. The molecule has 0 amide bonds. The molecule has 2 aromatic rings. The fraction of sp³-hybridized carbons (Fsp3) is 0.231. The molecule has 0 bridgehead atoms. The van der Waals surface area contributed by atoms with Crippen molar-refractivity contribution in [3.8, 4) is 0 Å². The number of thiophene rings is 1. The first-order valence-corrected chi connectivity index (χ1v) is 7.04. The van der Waals surface area contributed by atoms with Crippen molar-refractivity contribution >= 4 is 34.3 Å². The maximum atomic E-state index is 5.86. The molecule has 5 heteroatoms. The summed E-state index contributed by atoms with van der Waals surface area (Å²) in [4.78, 5) is 11.9. The smallest absolute Gasteiger partial charge is 0.149 e. The van der Waals surface area contributed by atoms with E-state index in [-0.39, 0.29) is 0 Å². The second-order valence-electron chi connectivity index (χ2n) is 4.10. The van der Waals surface area contributed by atoms with Crippen molar-refractivity contribution in [2.24, 2.45) is 0 Å². The predicted molar refractivity (Wildman–Crippen MR) is 76.2 cm³/mol. The molecule has 0 fully saturated rings. The summed E-state index contributed by atoms with van der Waals surface area (Å²) >= 11 is 7.65. The molecule has 0 radical (unpaired) electrons.